The van der Waals surface area contributed by atoms with E-state index in [1.165, 1.54) is 0 Å². The highest BCUT2D eigenvalue weighted by atomic mass is 15.1. The molecule has 2 heterocycles. The van der Waals surface area contributed by atoms with Gasteiger partial charge in [0.05, 0.1) is 22.8 Å². The molecular weight excluding hydrogens is 901 g/mol. The number of para-hydroxylation sites is 2. The summed E-state index contributed by atoms with van der Waals surface area (Å²) in [6.45, 7) is 0. The first-order valence-corrected chi connectivity index (χ1v) is 24.8. The summed E-state index contributed by atoms with van der Waals surface area (Å²) in [5.74, 6) is 1.39. The number of aromatic nitrogens is 4. The summed E-state index contributed by atoms with van der Waals surface area (Å²) in [6, 6.07) is 101. The molecule has 0 fully saturated rings. The van der Waals surface area contributed by atoms with Crippen LogP contribution in [0.5, 0.6) is 0 Å². The third-order valence-corrected chi connectivity index (χ3v) is 13.1. The molecule has 0 atom stereocenters. The van der Waals surface area contributed by atoms with E-state index in [0.29, 0.717) is 11.6 Å². The number of hydrogen-bond acceptors (Lipinski definition) is 6. The van der Waals surface area contributed by atoms with E-state index in [1.807, 2.05) is 72.8 Å². The molecule has 0 amide bonds. The number of anilines is 6. The zero-order valence-electron chi connectivity index (χ0n) is 40.4. The van der Waals surface area contributed by atoms with Gasteiger partial charge < -0.3 is 9.80 Å². The Bertz CT molecular complexity index is 3400. The van der Waals surface area contributed by atoms with Crippen molar-refractivity contribution in [1.82, 2.24) is 19.9 Å². The summed E-state index contributed by atoms with van der Waals surface area (Å²) in [7, 11) is 0. The van der Waals surface area contributed by atoms with E-state index in [4.69, 9.17) is 19.9 Å². The van der Waals surface area contributed by atoms with Crippen LogP contribution >= 0.6 is 0 Å². The van der Waals surface area contributed by atoms with Gasteiger partial charge in [-0.15, -0.1) is 0 Å². The Hall–Kier alpha value is -10.0. The number of rotatable bonds is 13. The minimum Gasteiger partial charge on any atom is -0.311 e. The zero-order valence-corrected chi connectivity index (χ0v) is 40.4. The van der Waals surface area contributed by atoms with Gasteiger partial charge in [0.25, 0.3) is 0 Å². The zero-order chi connectivity index (χ0) is 49.5. The van der Waals surface area contributed by atoms with Crippen LogP contribution in [0.4, 0.5) is 34.1 Å². The lowest BCUT2D eigenvalue weighted by atomic mass is 10.0. The van der Waals surface area contributed by atoms with Crippen molar-refractivity contribution in [3.8, 4) is 78.9 Å². The Kier molecular flexibility index (Phi) is 12.6. The van der Waals surface area contributed by atoms with E-state index in [-0.39, 0.29) is 0 Å². The summed E-state index contributed by atoms with van der Waals surface area (Å²) < 4.78 is 0. The van der Waals surface area contributed by atoms with Gasteiger partial charge >= 0.3 is 0 Å². The Morgan fingerprint density at radius 2 is 0.378 bits per heavy atom. The molecule has 0 aliphatic rings. The number of benzene rings is 10. The molecule has 6 nitrogen and oxygen atoms in total. The molecule has 0 spiro atoms. The van der Waals surface area contributed by atoms with Crippen LogP contribution in [0.25, 0.3) is 78.9 Å². The fourth-order valence-corrected chi connectivity index (χ4v) is 9.35. The highest BCUT2D eigenvalue weighted by Crippen LogP contribution is 2.40. The van der Waals surface area contributed by atoms with Crippen molar-refractivity contribution in [2.75, 3.05) is 9.80 Å². The maximum absolute atomic E-state index is 5.08. The maximum atomic E-state index is 5.08. The minimum atomic E-state index is 0.696. The second-order valence-corrected chi connectivity index (χ2v) is 17.9. The van der Waals surface area contributed by atoms with Gasteiger partial charge in [-0.3, -0.25) is 0 Å². The second kappa shape index (κ2) is 20.7. The van der Waals surface area contributed by atoms with Crippen molar-refractivity contribution >= 4 is 34.1 Å². The normalized spacial score (nSPS) is 11.0. The topological polar surface area (TPSA) is 58.0 Å². The van der Waals surface area contributed by atoms with Crippen LogP contribution in [-0.4, -0.2) is 19.9 Å². The van der Waals surface area contributed by atoms with Crippen molar-refractivity contribution in [3.05, 3.63) is 291 Å². The van der Waals surface area contributed by atoms with Crippen molar-refractivity contribution < 1.29 is 0 Å². The van der Waals surface area contributed by atoms with E-state index in [0.717, 1.165) is 101 Å². The molecule has 10 aromatic carbocycles. The molecule has 0 unspecified atom stereocenters. The van der Waals surface area contributed by atoms with Gasteiger partial charge in [-0.2, -0.15) is 0 Å². The van der Waals surface area contributed by atoms with E-state index >= 15 is 0 Å². The minimum absolute atomic E-state index is 0.696. The van der Waals surface area contributed by atoms with E-state index in [1.54, 1.807) is 0 Å². The summed E-state index contributed by atoms with van der Waals surface area (Å²) in [4.78, 5) is 24.7. The second-order valence-electron chi connectivity index (χ2n) is 17.9. The molecule has 6 heteroatoms. The summed E-state index contributed by atoms with van der Waals surface area (Å²) in [5, 5.41) is 0. The van der Waals surface area contributed by atoms with Crippen LogP contribution in [0.1, 0.15) is 0 Å². The van der Waals surface area contributed by atoms with Crippen molar-refractivity contribution in [2.45, 2.75) is 0 Å². The van der Waals surface area contributed by atoms with Crippen molar-refractivity contribution in [3.63, 3.8) is 0 Å². The van der Waals surface area contributed by atoms with Gasteiger partial charge in [-0.1, -0.05) is 206 Å². The quantitative estimate of drug-likeness (QED) is 0.115. The van der Waals surface area contributed by atoms with Crippen LogP contribution in [-0.2, 0) is 0 Å². The van der Waals surface area contributed by atoms with Crippen LogP contribution < -0.4 is 9.80 Å². The van der Waals surface area contributed by atoms with Gasteiger partial charge in [0, 0.05) is 67.5 Å². The smallest absolute Gasteiger partial charge is 0.160 e. The monoisotopic (exact) mass is 948 g/mol. The molecule has 12 aromatic rings. The summed E-state index contributed by atoms with van der Waals surface area (Å²) in [5.41, 5.74) is 18.1. The molecular formula is C68H48N6. The fraction of sp³-hybridized carbons (Fsp3) is 0. The van der Waals surface area contributed by atoms with Gasteiger partial charge in [0.1, 0.15) is 0 Å². The summed E-state index contributed by atoms with van der Waals surface area (Å²) >= 11 is 0. The van der Waals surface area contributed by atoms with Gasteiger partial charge in [-0.05, 0) is 96.1 Å². The van der Waals surface area contributed by atoms with Gasteiger partial charge in [0.2, 0.25) is 0 Å². The molecule has 2 aromatic heterocycles. The van der Waals surface area contributed by atoms with Crippen molar-refractivity contribution in [2.24, 2.45) is 0 Å². The Labute approximate surface area is 431 Å². The Morgan fingerprint density at radius 1 is 0.176 bits per heavy atom. The average Bonchev–Trinajstić information content (AvgIpc) is 3.49. The first-order chi connectivity index (χ1) is 36.7. The molecule has 12 rings (SSSR count). The van der Waals surface area contributed by atoms with E-state index in [9.17, 15) is 0 Å². The molecule has 0 aliphatic carbocycles. The lowest BCUT2D eigenvalue weighted by Gasteiger charge is -2.26. The highest BCUT2D eigenvalue weighted by molar-refractivity contribution is 5.83. The van der Waals surface area contributed by atoms with Gasteiger partial charge in [0.15, 0.2) is 11.6 Å². The lowest BCUT2D eigenvalue weighted by molar-refractivity contribution is 1.18. The van der Waals surface area contributed by atoms with Crippen molar-refractivity contribution in [1.29, 1.82) is 0 Å². The SMILES string of the molecule is c1ccc(-c2cc(-c3ccc(N(c4ccccc4)c4ccc(-c5ccc(N(c6ccccc6)c6ccc(-c7cc(-c8ccccc8)nc(-c8ccccc8)n7)cc6)cc5)cc4)cc3)nc(-c3ccccc3)n2)cc1. The van der Waals surface area contributed by atoms with Crippen LogP contribution in [0.15, 0.2) is 291 Å². The first-order valence-electron chi connectivity index (χ1n) is 24.8. The molecule has 0 N–H and O–H groups in total. The van der Waals surface area contributed by atoms with Crippen LogP contribution in [0.3, 0.4) is 0 Å². The third kappa shape index (κ3) is 9.71. The standard InChI is InChI=1S/C68H48N6/c1-7-19-51(20-8-1)63-47-65(71-67(69-63)55-23-11-3-12-24-55)53-35-43-61(44-36-53)73(57-27-15-5-16-28-57)59-39-31-49(32-40-59)50-33-41-60(42-34-50)74(58-29-17-6-18-30-58)62-45-37-54(38-46-62)66-48-64(52-21-9-2-10-22-52)70-68(72-66)56-25-13-4-14-26-56/h1-48H. The predicted molar refractivity (Wildman–Crippen MR) is 305 cm³/mol. The summed E-state index contributed by atoms with van der Waals surface area (Å²) in [6.07, 6.45) is 0. The Morgan fingerprint density at radius 3 is 0.649 bits per heavy atom. The average molecular weight is 949 g/mol. The van der Waals surface area contributed by atoms with Crippen LogP contribution in [0, 0.1) is 0 Å². The lowest BCUT2D eigenvalue weighted by Crippen LogP contribution is -2.10. The molecule has 74 heavy (non-hydrogen) atoms. The molecule has 0 aliphatic heterocycles. The number of nitrogens with zero attached hydrogens (tertiary/aromatic N) is 6. The molecule has 0 bridgehead atoms. The number of hydrogen-bond donors (Lipinski definition) is 0. The predicted octanol–water partition coefficient (Wildman–Crippen LogP) is 17.9. The van der Waals surface area contributed by atoms with Crippen LogP contribution in [0.2, 0.25) is 0 Å². The molecule has 0 saturated heterocycles. The molecule has 0 radical (unpaired) electrons. The molecule has 350 valence electrons. The fourth-order valence-electron chi connectivity index (χ4n) is 9.35. The van der Waals surface area contributed by atoms with E-state index in [2.05, 4.69) is 228 Å². The molecule has 0 saturated carbocycles. The third-order valence-electron chi connectivity index (χ3n) is 13.1. The maximum Gasteiger partial charge on any atom is 0.160 e. The Balaban J connectivity index is 0.825. The highest BCUT2D eigenvalue weighted by Gasteiger charge is 2.18. The van der Waals surface area contributed by atoms with E-state index < -0.39 is 0 Å². The largest absolute Gasteiger partial charge is 0.311 e. The first kappa shape index (κ1) is 45.1. The van der Waals surface area contributed by atoms with Gasteiger partial charge in [-0.25, -0.2) is 19.9 Å².